The van der Waals surface area contributed by atoms with E-state index in [1.807, 2.05) is 6.08 Å². The van der Waals surface area contributed by atoms with Crippen LogP contribution >= 0.6 is 0 Å². The molecule has 0 amide bonds. The second-order valence-electron chi connectivity index (χ2n) is 23.0. The lowest BCUT2D eigenvalue weighted by atomic mass is 10.0. The Morgan fingerprint density at radius 2 is 0.506 bits per heavy atom. The molecule has 1 atom stereocenters. The second-order valence-corrected chi connectivity index (χ2v) is 23.0. The number of ether oxygens (including phenoxy) is 3. The highest BCUT2D eigenvalue weighted by Crippen LogP contribution is 2.18. The van der Waals surface area contributed by atoms with Crippen LogP contribution in [0.3, 0.4) is 0 Å². The number of esters is 3. The average Bonchev–Trinajstić information content (AvgIpc) is 3.46. The summed E-state index contributed by atoms with van der Waals surface area (Å²) in [5.74, 6) is -1.03. The maximum absolute atomic E-state index is 12.9. The van der Waals surface area contributed by atoms with Crippen molar-refractivity contribution in [3.8, 4) is 0 Å². The van der Waals surface area contributed by atoms with Crippen LogP contribution in [0.5, 0.6) is 0 Å². The highest BCUT2D eigenvalue weighted by atomic mass is 16.6. The van der Waals surface area contributed by atoms with Gasteiger partial charge in [0, 0.05) is 19.3 Å². The Balaban J connectivity index is 4.12. The Morgan fingerprint density at radius 3 is 0.827 bits per heavy atom. The fraction of sp³-hybridized carbons (Fsp3) is 0.747. The van der Waals surface area contributed by atoms with E-state index < -0.39 is 6.10 Å². The van der Waals surface area contributed by atoms with Crippen molar-refractivity contribution in [2.75, 3.05) is 13.2 Å². The third-order valence-corrected chi connectivity index (χ3v) is 15.1. The van der Waals surface area contributed by atoms with Crippen LogP contribution in [0, 0.1) is 0 Å². The van der Waals surface area contributed by atoms with Crippen molar-refractivity contribution in [2.24, 2.45) is 0 Å². The molecule has 81 heavy (non-hydrogen) atoms. The molecule has 0 aliphatic rings. The molecule has 6 heteroatoms. The van der Waals surface area contributed by atoms with E-state index in [0.717, 1.165) is 83.5 Å². The molecule has 0 N–H and O–H groups in total. The number of unbranched alkanes of at least 4 members (excludes halogenated alkanes) is 36. The van der Waals surface area contributed by atoms with Gasteiger partial charge in [-0.25, -0.2) is 0 Å². The van der Waals surface area contributed by atoms with Gasteiger partial charge >= 0.3 is 17.9 Å². The van der Waals surface area contributed by atoms with E-state index in [2.05, 4.69) is 112 Å². The molecule has 0 aliphatic carbocycles. The molecule has 466 valence electrons. The zero-order valence-electron chi connectivity index (χ0n) is 53.5. The van der Waals surface area contributed by atoms with Crippen LogP contribution in [-0.2, 0) is 28.6 Å². The molecule has 6 nitrogen and oxygen atoms in total. The van der Waals surface area contributed by atoms with E-state index in [0.29, 0.717) is 19.3 Å². The van der Waals surface area contributed by atoms with E-state index in [1.54, 1.807) is 0 Å². The van der Waals surface area contributed by atoms with Crippen LogP contribution in [0.15, 0.2) is 97.2 Å². The SMILES string of the molecule is CC/C=C\C/C=C\C/C=C\C/C=C\CCCCC(=O)OC(COC(=O)CC/C=C\C/C=C\C/C=C\C/C=C\CC)COC(=O)CCCCCCCCCCCCCCCCCCCCCCCCCCCCCCCCCCCCC. The highest BCUT2D eigenvalue weighted by Gasteiger charge is 2.19. The highest BCUT2D eigenvalue weighted by molar-refractivity contribution is 5.71. The van der Waals surface area contributed by atoms with Crippen LogP contribution in [0.1, 0.15) is 342 Å². The summed E-state index contributed by atoms with van der Waals surface area (Å²) in [6, 6.07) is 0. The minimum atomic E-state index is -0.829. The van der Waals surface area contributed by atoms with Crippen LogP contribution in [-0.4, -0.2) is 37.2 Å². The first-order valence-corrected chi connectivity index (χ1v) is 34.7. The van der Waals surface area contributed by atoms with Crippen molar-refractivity contribution < 1.29 is 28.6 Å². The maximum atomic E-state index is 12.9. The number of hydrogen-bond acceptors (Lipinski definition) is 6. The summed E-state index contributed by atoms with van der Waals surface area (Å²) < 4.78 is 16.8. The quantitative estimate of drug-likeness (QED) is 0.0261. The fourth-order valence-electron chi connectivity index (χ4n) is 9.98. The van der Waals surface area contributed by atoms with E-state index in [4.69, 9.17) is 14.2 Å². The molecule has 0 aliphatic heterocycles. The second kappa shape index (κ2) is 68.8. The van der Waals surface area contributed by atoms with Crippen molar-refractivity contribution in [2.45, 2.75) is 348 Å². The fourth-order valence-corrected chi connectivity index (χ4v) is 9.98. The molecule has 0 saturated carbocycles. The van der Waals surface area contributed by atoms with Crippen molar-refractivity contribution in [1.29, 1.82) is 0 Å². The molecule has 0 bridgehead atoms. The summed E-state index contributed by atoms with van der Waals surface area (Å²) in [7, 11) is 0. The Labute approximate surface area is 502 Å². The molecule has 0 aromatic carbocycles. The number of allylic oxidation sites excluding steroid dienone is 16. The van der Waals surface area contributed by atoms with Gasteiger partial charge in [-0.2, -0.15) is 0 Å². The van der Waals surface area contributed by atoms with Crippen molar-refractivity contribution in [3.05, 3.63) is 97.2 Å². The van der Waals surface area contributed by atoms with E-state index >= 15 is 0 Å². The van der Waals surface area contributed by atoms with E-state index in [1.165, 1.54) is 205 Å². The summed E-state index contributed by atoms with van der Waals surface area (Å²) in [6.45, 7) is 6.34. The van der Waals surface area contributed by atoms with Gasteiger partial charge < -0.3 is 14.2 Å². The predicted octanol–water partition coefficient (Wildman–Crippen LogP) is 24.0. The summed E-state index contributed by atoms with van der Waals surface area (Å²) in [5, 5.41) is 0. The Hall–Kier alpha value is -3.67. The van der Waals surface area contributed by atoms with Gasteiger partial charge in [0.15, 0.2) is 6.10 Å². The molecule has 0 saturated heterocycles. The van der Waals surface area contributed by atoms with Gasteiger partial charge in [-0.15, -0.1) is 0 Å². The van der Waals surface area contributed by atoms with Gasteiger partial charge in [-0.3, -0.25) is 14.4 Å². The largest absolute Gasteiger partial charge is 0.462 e. The van der Waals surface area contributed by atoms with Crippen molar-refractivity contribution in [3.63, 3.8) is 0 Å². The third kappa shape index (κ3) is 67.0. The standard InChI is InChI=1S/C75H130O6/c1-4-7-10-13-16-19-22-25-27-28-29-30-31-32-33-34-35-36-37-38-39-40-41-42-43-44-45-46-48-50-53-56-59-62-65-68-74(77)80-71-72(70-79-73(76)67-64-61-58-55-52-49-24-21-18-15-12-9-6-3)81-75(78)69-66-63-60-57-54-51-47-26-23-20-17-14-11-8-5-2/h8-9,11-12,17-18,20-21,26,47,49,52,54,57-58,61,72H,4-7,10,13-16,19,22-25,27-46,48,50-51,53,55-56,59-60,62-71H2,1-3H3/b11-8-,12-9-,20-17-,21-18-,47-26-,52-49-,57-54-,61-58-. The maximum Gasteiger partial charge on any atom is 0.306 e. The van der Waals surface area contributed by atoms with Gasteiger partial charge in [0.1, 0.15) is 13.2 Å². The minimum absolute atomic E-state index is 0.115. The van der Waals surface area contributed by atoms with Crippen molar-refractivity contribution in [1.82, 2.24) is 0 Å². The molecule has 0 aromatic heterocycles. The molecular weight excluding hydrogens is 997 g/mol. The third-order valence-electron chi connectivity index (χ3n) is 15.1. The molecule has 0 aromatic rings. The van der Waals surface area contributed by atoms with Crippen LogP contribution < -0.4 is 0 Å². The molecule has 0 heterocycles. The molecule has 0 radical (unpaired) electrons. The van der Waals surface area contributed by atoms with E-state index in [-0.39, 0.29) is 44.0 Å². The first-order valence-electron chi connectivity index (χ1n) is 34.7. The van der Waals surface area contributed by atoms with Gasteiger partial charge in [0.25, 0.3) is 0 Å². The average molecular weight is 1130 g/mol. The number of carbonyl (C=O) groups is 3. The molecule has 0 spiro atoms. The summed E-state index contributed by atoms with van der Waals surface area (Å²) in [6.07, 6.45) is 93.5. The Kier molecular flexibility index (Phi) is 65.7. The molecule has 0 fully saturated rings. The molecule has 0 rings (SSSR count). The van der Waals surface area contributed by atoms with Crippen LogP contribution in [0.4, 0.5) is 0 Å². The zero-order chi connectivity index (χ0) is 58.5. The predicted molar refractivity (Wildman–Crippen MR) is 353 cm³/mol. The Bertz CT molecular complexity index is 1580. The zero-order valence-corrected chi connectivity index (χ0v) is 53.5. The van der Waals surface area contributed by atoms with Crippen molar-refractivity contribution >= 4 is 17.9 Å². The monoisotopic (exact) mass is 1130 g/mol. The molecule has 1 unspecified atom stereocenters. The lowest BCUT2D eigenvalue weighted by Gasteiger charge is -2.18. The van der Waals surface area contributed by atoms with Gasteiger partial charge in [-0.1, -0.05) is 336 Å². The number of carbonyl (C=O) groups excluding carboxylic acids is 3. The Morgan fingerprint density at radius 1 is 0.259 bits per heavy atom. The van der Waals surface area contributed by atoms with E-state index in [9.17, 15) is 14.4 Å². The smallest absolute Gasteiger partial charge is 0.306 e. The van der Waals surface area contributed by atoms with Gasteiger partial charge in [0.2, 0.25) is 0 Å². The van der Waals surface area contributed by atoms with Gasteiger partial charge in [0.05, 0.1) is 0 Å². The molecular formula is C75H130O6. The normalized spacial score (nSPS) is 12.7. The topological polar surface area (TPSA) is 78.9 Å². The summed E-state index contributed by atoms with van der Waals surface area (Å²) >= 11 is 0. The first kappa shape index (κ1) is 77.3. The van der Waals surface area contributed by atoms with Gasteiger partial charge in [-0.05, 0) is 83.5 Å². The number of rotatable bonds is 63. The summed E-state index contributed by atoms with van der Waals surface area (Å²) in [5.41, 5.74) is 0. The minimum Gasteiger partial charge on any atom is -0.462 e. The van der Waals surface area contributed by atoms with Crippen LogP contribution in [0.25, 0.3) is 0 Å². The first-order chi connectivity index (χ1) is 40.0. The lowest BCUT2D eigenvalue weighted by Crippen LogP contribution is -2.30. The van der Waals surface area contributed by atoms with Crippen LogP contribution in [0.2, 0.25) is 0 Å². The lowest BCUT2D eigenvalue weighted by molar-refractivity contribution is -0.166. The number of hydrogen-bond donors (Lipinski definition) is 0. The summed E-state index contributed by atoms with van der Waals surface area (Å²) in [4.78, 5) is 38.2.